The minimum atomic E-state index is -2.68. The van der Waals surface area contributed by atoms with Crippen LogP contribution in [0.5, 0.6) is 0 Å². The van der Waals surface area contributed by atoms with E-state index in [0.29, 0.717) is 30.5 Å². The molecule has 1 N–H and O–H groups in total. The lowest BCUT2D eigenvalue weighted by molar-refractivity contribution is -0.0121. The second-order valence-corrected chi connectivity index (χ2v) is 7.39. The molecule has 1 saturated carbocycles. The number of hydrogen-bond donors (Lipinski definition) is 1. The van der Waals surface area contributed by atoms with Crippen molar-refractivity contribution >= 4 is 11.7 Å². The molecule has 1 aromatic carbocycles. The Morgan fingerprint density at radius 1 is 1.30 bits per heavy atom. The number of aromatic nitrogens is 2. The summed E-state index contributed by atoms with van der Waals surface area (Å²) in [5.41, 5.74) is 2.27. The Bertz CT molecular complexity index is 848. The van der Waals surface area contributed by atoms with Gasteiger partial charge < -0.3 is 14.7 Å². The summed E-state index contributed by atoms with van der Waals surface area (Å²) in [7, 11) is 0. The maximum absolute atomic E-state index is 13.5. The van der Waals surface area contributed by atoms with Crippen LogP contribution in [0.25, 0.3) is 11.5 Å². The molecule has 2 heterocycles. The van der Waals surface area contributed by atoms with Gasteiger partial charge >= 0.3 is 6.03 Å². The highest BCUT2D eigenvalue weighted by Gasteiger charge is 2.33. The van der Waals surface area contributed by atoms with Crippen LogP contribution in [0.4, 0.5) is 19.3 Å². The second kappa shape index (κ2) is 6.90. The maximum Gasteiger partial charge on any atom is 0.321 e. The number of benzene rings is 1. The van der Waals surface area contributed by atoms with Crippen molar-refractivity contribution in [2.75, 3.05) is 18.4 Å². The Labute approximate surface area is 155 Å². The Kier molecular flexibility index (Phi) is 4.57. The zero-order valence-corrected chi connectivity index (χ0v) is 15.2. The van der Waals surface area contributed by atoms with Crippen LogP contribution in [0.15, 0.2) is 22.7 Å². The van der Waals surface area contributed by atoms with Gasteiger partial charge in [-0.3, -0.25) is 0 Å². The molecule has 27 heavy (non-hydrogen) atoms. The summed E-state index contributed by atoms with van der Waals surface area (Å²) in [5.74, 6) is -1.05. The van der Waals surface area contributed by atoms with Crippen molar-refractivity contribution in [1.29, 1.82) is 0 Å². The van der Waals surface area contributed by atoms with Crippen LogP contribution in [0.1, 0.15) is 49.4 Å². The van der Waals surface area contributed by atoms with E-state index in [-0.39, 0.29) is 25.4 Å². The van der Waals surface area contributed by atoms with Crippen molar-refractivity contribution in [1.82, 2.24) is 15.0 Å². The number of carbonyl (C=O) groups excluding carboxylic acids is 1. The summed E-state index contributed by atoms with van der Waals surface area (Å²) in [6.07, 6.45) is 2.05. The van der Waals surface area contributed by atoms with Gasteiger partial charge in [0.05, 0.1) is 0 Å². The van der Waals surface area contributed by atoms with Crippen LogP contribution >= 0.6 is 0 Å². The first-order chi connectivity index (χ1) is 12.9. The Morgan fingerprint density at radius 3 is 2.85 bits per heavy atom. The molecule has 2 fully saturated rings. The van der Waals surface area contributed by atoms with E-state index in [9.17, 15) is 13.6 Å². The Morgan fingerprint density at radius 2 is 2.11 bits per heavy atom. The average Bonchev–Trinajstić information content (AvgIpc) is 3.39. The van der Waals surface area contributed by atoms with Gasteiger partial charge in [0.2, 0.25) is 5.92 Å². The number of nitrogens with one attached hydrogen (secondary N) is 1. The van der Waals surface area contributed by atoms with E-state index in [1.165, 1.54) is 4.90 Å². The van der Waals surface area contributed by atoms with Gasteiger partial charge in [-0.1, -0.05) is 5.16 Å². The van der Waals surface area contributed by atoms with E-state index in [1.807, 2.05) is 19.1 Å². The summed E-state index contributed by atoms with van der Waals surface area (Å²) >= 11 is 0. The van der Waals surface area contributed by atoms with E-state index in [4.69, 9.17) is 4.52 Å². The van der Waals surface area contributed by atoms with Crippen LogP contribution < -0.4 is 5.32 Å². The molecule has 0 unspecified atom stereocenters. The van der Waals surface area contributed by atoms with Crippen molar-refractivity contribution in [3.05, 3.63) is 29.6 Å². The molecule has 1 aliphatic carbocycles. The summed E-state index contributed by atoms with van der Waals surface area (Å²) in [4.78, 5) is 18.3. The molecule has 8 heteroatoms. The third kappa shape index (κ3) is 4.09. The van der Waals surface area contributed by atoms with Crippen molar-refractivity contribution in [3.63, 3.8) is 0 Å². The number of nitrogens with zero attached hydrogens (tertiary/aromatic N) is 3. The highest BCUT2D eigenvalue weighted by atomic mass is 19.3. The minimum Gasteiger partial charge on any atom is -0.334 e. The van der Waals surface area contributed by atoms with E-state index in [0.717, 1.165) is 29.8 Å². The zero-order chi connectivity index (χ0) is 19.0. The highest BCUT2D eigenvalue weighted by Crippen LogP contribution is 2.39. The molecule has 2 amide bonds. The van der Waals surface area contributed by atoms with E-state index >= 15 is 0 Å². The summed E-state index contributed by atoms with van der Waals surface area (Å²) in [5, 5.41) is 6.84. The van der Waals surface area contributed by atoms with E-state index < -0.39 is 5.92 Å². The number of halogens is 2. The topological polar surface area (TPSA) is 71.3 Å². The number of carbonyl (C=O) groups is 1. The molecule has 1 aromatic heterocycles. The molecule has 144 valence electrons. The molecular formula is C19H22F2N4O2. The van der Waals surface area contributed by atoms with E-state index in [2.05, 4.69) is 15.5 Å². The van der Waals surface area contributed by atoms with Crippen molar-refractivity contribution in [2.45, 2.75) is 50.9 Å². The molecule has 0 bridgehead atoms. The molecule has 1 saturated heterocycles. The van der Waals surface area contributed by atoms with Crippen LogP contribution in [0.3, 0.4) is 0 Å². The summed E-state index contributed by atoms with van der Waals surface area (Å²) in [6, 6.07) is 5.10. The third-order valence-electron chi connectivity index (χ3n) is 5.10. The third-order valence-corrected chi connectivity index (χ3v) is 5.10. The number of amides is 2. The first-order valence-corrected chi connectivity index (χ1v) is 9.30. The molecule has 6 nitrogen and oxygen atoms in total. The number of alkyl halides is 2. The van der Waals surface area contributed by atoms with Crippen molar-refractivity contribution in [2.24, 2.45) is 0 Å². The van der Waals surface area contributed by atoms with Gasteiger partial charge in [0.25, 0.3) is 5.89 Å². The number of likely N-dealkylation sites (tertiary alicyclic amines) is 1. The summed E-state index contributed by atoms with van der Waals surface area (Å²) < 4.78 is 32.3. The Hall–Kier alpha value is -2.51. The molecule has 2 aromatic rings. The monoisotopic (exact) mass is 376 g/mol. The molecule has 0 atom stereocenters. The standard InChI is InChI=1S/C19H22F2N4O2/c1-12-11-14(17-23-16(24-27-17)13-3-4-13)5-6-15(12)22-18(26)25-9-2-7-19(20,21)8-10-25/h5-6,11,13H,2-4,7-10H2,1H3,(H,22,26). The number of rotatable bonds is 3. The van der Waals surface area contributed by atoms with Crippen molar-refractivity contribution < 1.29 is 18.1 Å². The number of anilines is 1. The predicted molar refractivity (Wildman–Crippen MR) is 95.8 cm³/mol. The van der Waals surface area contributed by atoms with Crippen LogP contribution in [0.2, 0.25) is 0 Å². The molecule has 2 aliphatic rings. The SMILES string of the molecule is Cc1cc(-c2nc(C3CC3)no2)ccc1NC(=O)N1CCCC(F)(F)CC1. The van der Waals surface area contributed by atoms with Gasteiger partial charge in [-0.15, -0.1) is 0 Å². The van der Waals surface area contributed by atoms with Gasteiger partial charge in [0, 0.05) is 43.1 Å². The minimum absolute atomic E-state index is 0.0574. The molecular weight excluding hydrogens is 354 g/mol. The van der Waals surface area contributed by atoms with Crippen LogP contribution in [-0.4, -0.2) is 40.1 Å². The number of aryl methyl sites for hydroxylation is 1. The summed E-state index contributed by atoms with van der Waals surface area (Å²) in [6.45, 7) is 2.26. The largest absolute Gasteiger partial charge is 0.334 e. The molecule has 4 rings (SSSR count). The number of hydrogen-bond acceptors (Lipinski definition) is 4. The first kappa shape index (κ1) is 17.9. The Balaban J connectivity index is 1.43. The highest BCUT2D eigenvalue weighted by molar-refractivity contribution is 5.90. The lowest BCUT2D eigenvalue weighted by atomic mass is 10.1. The van der Waals surface area contributed by atoms with Crippen LogP contribution in [0, 0.1) is 6.92 Å². The van der Waals surface area contributed by atoms with Gasteiger partial charge in [-0.05, 0) is 49.9 Å². The van der Waals surface area contributed by atoms with Gasteiger partial charge in [0.15, 0.2) is 5.82 Å². The second-order valence-electron chi connectivity index (χ2n) is 7.39. The lowest BCUT2D eigenvalue weighted by Gasteiger charge is -2.21. The fourth-order valence-corrected chi connectivity index (χ4v) is 3.26. The van der Waals surface area contributed by atoms with Gasteiger partial charge in [-0.25, -0.2) is 13.6 Å². The zero-order valence-electron chi connectivity index (χ0n) is 15.2. The average molecular weight is 376 g/mol. The normalized spacial score (nSPS) is 19.6. The van der Waals surface area contributed by atoms with Crippen molar-refractivity contribution in [3.8, 4) is 11.5 Å². The van der Waals surface area contributed by atoms with E-state index in [1.54, 1.807) is 6.07 Å². The lowest BCUT2D eigenvalue weighted by Crippen LogP contribution is -2.36. The smallest absolute Gasteiger partial charge is 0.321 e. The molecule has 1 aliphatic heterocycles. The quantitative estimate of drug-likeness (QED) is 0.851. The maximum atomic E-state index is 13.5. The van der Waals surface area contributed by atoms with Gasteiger partial charge in [-0.2, -0.15) is 4.98 Å². The molecule has 0 spiro atoms. The molecule has 0 radical (unpaired) electrons. The first-order valence-electron chi connectivity index (χ1n) is 9.30. The fraction of sp³-hybridized carbons (Fsp3) is 0.526. The predicted octanol–water partition coefficient (Wildman–Crippen LogP) is 4.58. The number of urea groups is 1. The fourth-order valence-electron chi connectivity index (χ4n) is 3.26. The van der Waals surface area contributed by atoms with Gasteiger partial charge in [0.1, 0.15) is 0 Å². The van der Waals surface area contributed by atoms with Crippen LogP contribution in [-0.2, 0) is 0 Å².